The van der Waals surface area contributed by atoms with E-state index in [-0.39, 0.29) is 5.91 Å². The molecule has 6 heteroatoms. The highest BCUT2D eigenvalue weighted by Gasteiger charge is 2.16. The van der Waals surface area contributed by atoms with Gasteiger partial charge in [-0.15, -0.1) is 11.3 Å². The van der Waals surface area contributed by atoms with E-state index in [1.807, 2.05) is 43.0 Å². The SMILES string of the molecule is CCc1cc2c(SCC(=O)N(CC)c3cccc(C)c3)ncnc2s1. The third-order valence-corrected chi connectivity index (χ3v) is 6.13. The topological polar surface area (TPSA) is 46.1 Å². The minimum atomic E-state index is 0.0933. The number of carbonyl (C=O) groups excluding carboxylic acids is 1. The molecule has 4 nitrogen and oxygen atoms in total. The zero-order valence-electron chi connectivity index (χ0n) is 14.7. The van der Waals surface area contributed by atoms with Crippen LogP contribution in [0.3, 0.4) is 0 Å². The number of fused-ring (bicyclic) bond motifs is 1. The van der Waals surface area contributed by atoms with E-state index in [1.54, 1.807) is 17.7 Å². The molecule has 0 saturated carbocycles. The summed E-state index contributed by atoms with van der Waals surface area (Å²) >= 11 is 3.18. The number of thioether (sulfide) groups is 1. The molecule has 0 bridgehead atoms. The Morgan fingerprint density at radius 1 is 1.24 bits per heavy atom. The molecule has 0 aliphatic carbocycles. The normalized spacial score (nSPS) is 11.0. The summed E-state index contributed by atoms with van der Waals surface area (Å²) < 4.78 is 0. The van der Waals surface area contributed by atoms with E-state index in [2.05, 4.69) is 23.0 Å². The van der Waals surface area contributed by atoms with Crippen molar-refractivity contribution in [1.29, 1.82) is 0 Å². The van der Waals surface area contributed by atoms with E-state index < -0.39 is 0 Å². The van der Waals surface area contributed by atoms with Crippen molar-refractivity contribution in [3.8, 4) is 0 Å². The van der Waals surface area contributed by atoms with Gasteiger partial charge in [0.15, 0.2) is 0 Å². The molecule has 25 heavy (non-hydrogen) atoms. The number of aromatic nitrogens is 2. The van der Waals surface area contributed by atoms with E-state index in [0.717, 1.165) is 32.9 Å². The third kappa shape index (κ3) is 4.02. The number of nitrogens with zero attached hydrogens (tertiary/aromatic N) is 3. The molecule has 3 aromatic rings. The van der Waals surface area contributed by atoms with Crippen LogP contribution in [0.15, 0.2) is 41.7 Å². The molecular formula is C19H21N3OS2. The van der Waals surface area contributed by atoms with Crippen molar-refractivity contribution in [3.63, 3.8) is 0 Å². The number of thiophene rings is 1. The maximum absolute atomic E-state index is 12.7. The molecule has 2 heterocycles. The highest BCUT2D eigenvalue weighted by atomic mass is 32.2. The summed E-state index contributed by atoms with van der Waals surface area (Å²) in [6.07, 6.45) is 2.57. The lowest BCUT2D eigenvalue weighted by molar-refractivity contribution is -0.116. The molecule has 3 rings (SSSR count). The van der Waals surface area contributed by atoms with Crippen LogP contribution in [0, 0.1) is 6.92 Å². The van der Waals surface area contributed by atoms with Gasteiger partial charge in [-0.3, -0.25) is 4.79 Å². The van der Waals surface area contributed by atoms with E-state index in [9.17, 15) is 4.79 Å². The Morgan fingerprint density at radius 2 is 2.08 bits per heavy atom. The van der Waals surface area contributed by atoms with Crippen LogP contribution in [0.4, 0.5) is 5.69 Å². The summed E-state index contributed by atoms with van der Waals surface area (Å²) in [5.41, 5.74) is 2.10. The van der Waals surface area contributed by atoms with Gasteiger partial charge in [0.05, 0.1) is 5.75 Å². The van der Waals surface area contributed by atoms with Crippen molar-refractivity contribution in [3.05, 3.63) is 47.1 Å². The molecule has 0 aliphatic heterocycles. The molecule has 130 valence electrons. The van der Waals surface area contributed by atoms with Gasteiger partial charge in [0.1, 0.15) is 16.2 Å². The molecule has 1 aromatic carbocycles. The van der Waals surface area contributed by atoms with Crippen LogP contribution in [-0.4, -0.2) is 28.2 Å². The average molecular weight is 372 g/mol. The number of amides is 1. The van der Waals surface area contributed by atoms with Crippen molar-refractivity contribution in [1.82, 2.24) is 9.97 Å². The van der Waals surface area contributed by atoms with Gasteiger partial charge in [-0.25, -0.2) is 9.97 Å². The monoisotopic (exact) mass is 371 g/mol. The molecular weight excluding hydrogens is 350 g/mol. The summed E-state index contributed by atoms with van der Waals surface area (Å²) in [6.45, 7) is 6.83. The minimum Gasteiger partial charge on any atom is -0.312 e. The fourth-order valence-electron chi connectivity index (χ4n) is 2.68. The Hall–Kier alpha value is -1.92. The van der Waals surface area contributed by atoms with Gasteiger partial charge < -0.3 is 4.90 Å². The number of hydrogen-bond acceptors (Lipinski definition) is 5. The zero-order valence-corrected chi connectivity index (χ0v) is 16.3. The first-order valence-electron chi connectivity index (χ1n) is 8.35. The van der Waals surface area contributed by atoms with Crippen molar-refractivity contribution in [2.45, 2.75) is 32.2 Å². The first-order chi connectivity index (χ1) is 12.1. The highest BCUT2D eigenvalue weighted by Crippen LogP contribution is 2.31. The predicted octanol–water partition coefficient (Wildman–Crippen LogP) is 4.71. The first kappa shape index (κ1) is 17.9. The minimum absolute atomic E-state index is 0.0933. The second-order valence-electron chi connectivity index (χ2n) is 5.73. The van der Waals surface area contributed by atoms with Crippen molar-refractivity contribution in [2.24, 2.45) is 0 Å². The van der Waals surface area contributed by atoms with Gasteiger partial charge in [0.2, 0.25) is 5.91 Å². The molecule has 1 amide bonds. The number of carbonyl (C=O) groups is 1. The molecule has 0 unspecified atom stereocenters. The van der Waals surface area contributed by atoms with E-state index in [4.69, 9.17) is 0 Å². The summed E-state index contributed by atoms with van der Waals surface area (Å²) in [5, 5.41) is 1.94. The highest BCUT2D eigenvalue weighted by molar-refractivity contribution is 8.00. The molecule has 2 aromatic heterocycles. The fourth-order valence-corrected chi connectivity index (χ4v) is 4.53. The first-order valence-corrected chi connectivity index (χ1v) is 10.2. The van der Waals surface area contributed by atoms with E-state index in [0.29, 0.717) is 12.3 Å². The molecule has 0 aliphatic rings. The molecule has 0 radical (unpaired) electrons. The van der Waals surface area contributed by atoms with Crippen LogP contribution >= 0.6 is 23.1 Å². The van der Waals surface area contributed by atoms with E-state index >= 15 is 0 Å². The maximum atomic E-state index is 12.7. The molecule has 0 spiro atoms. The predicted molar refractivity (Wildman–Crippen MR) is 107 cm³/mol. The van der Waals surface area contributed by atoms with Gasteiger partial charge in [-0.1, -0.05) is 30.8 Å². The summed E-state index contributed by atoms with van der Waals surface area (Å²) in [7, 11) is 0. The number of aryl methyl sites for hydroxylation is 2. The Morgan fingerprint density at radius 3 is 2.80 bits per heavy atom. The van der Waals surface area contributed by atoms with Crippen LogP contribution in [0.1, 0.15) is 24.3 Å². The van der Waals surface area contributed by atoms with Gasteiger partial charge in [0.25, 0.3) is 0 Å². The molecule has 0 fully saturated rings. The largest absolute Gasteiger partial charge is 0.312 e. The van der Waals surface area contributed by atoms with E-state index in [1.165, 1.54) is 16.6 Å². The van der Waals surface area contributed by atoms with Crippen LogP contribution in [-0.2, 0) is 11.2 Å². The fraction of sp³-hybridized carbons (Fsp3) is 0.316. The second-order valence-corrected chi connectivity index (χ2v) is 7.81. The third-order valence-electron chi connectivity index (χ3n) is 3.96. The van der Waals surface area contributed by atoms with Crippen LogP contribution in [0.25, 0.3) is 10.2 Å². The van der Waals surface area contributed by atoms with Gasteiger partial charge in [0, 0.05) is 22.5 Å². The molecule has 0 atom stereocenters. The van der Waals surface area contributed by atoms with Crippen LogP contribution in [0.2, 0.25) is 0 Å². The number of anilines is 1. The molecule has 0 saturated heterocycles. The van der Waals surface area contributed by atoms with Gasteiger partial charge in [-0.2, -0.15) is 0 Å². The van der Waals surface area contributed by atoms with Crippen molar-refractivity contribution >= 4 is 44.9 Å². The smallest absolute Gasteiger partial charge is 0.237 e. The van der Waals surface area contributed by atoms with Gasteiger partial charge >= 0.3 is 0 Å². The Labute approximate surface area is 156 Å². The van der Waals surface area contributed by atoms with Crippen molar-refractivity contribution < 1.29 is 4.79 Å². The lowest BCUT2D eigenvalue weighted by atomic mass is 10.2. The Kier molecular flexibility index (Phi) is 5.71. The Bertz CT molecular complexity index is 891. The standard InChI is InChI=1S/C19H21N3OS2/c1-4-15-10-16-18(20-12-21-19(16)25-15)24-11-17(23)22(5-2)14-8-6-7-13(3)9-14/h6-10,12H,4-5,11H2,1-3H3. The second kappa shape index (κ2) is 7.97. The van der Waals surface area contributed by atoms with Gasteiger partial charge in [-0.05, 0) is 44.0 Å². The summed E-state index contributed by atoms with van der Waals surface area (Å²) in [5.74, 6) is 0.460. The quantitative estimate of drug-likeness (QED) is 0.465. The van der Waals surface area contributed by atoms with Crippen LogP contribution < -0.4 is 4.90 Å². The summed E-state index contributed by atoms with van der Waals surface area (Å²) in [6, 6.07) is 10.2. The van der Waals surface area contributed by atoms with Crippen LogP contribution in [0.5, 0.6) is 0 Å². The number of benzene rings is 1. The van der Waals surface area contributed by atoms with Crippen molar-refractivity contribution in [2.75, 3.05) is 17.2 Å². The molecule has 0 N–H and O–H groups in total. The average Bonchev–Trinajstić information content (AvgIpc) is 3.04. The Balaban J connectivity index is 1.76. The number of hydrogen-bond donors (Lipinski definition) is 0. The number of rotatable bonds is 6. The maximum Gasteiger partial charge on any atom is 0.237 e. The lowest BCUT2D eigenvalue weighted by Gasteiger charge is -2.21. The lowest BCUT2D eigenvalue weighted by Crippen LogP contribution is -2.32. The zero-order chi connectivity index (χ0) is 17.8. The summed E-state index contributed by atoms with van der Waals surface area (Å²) in [4.78, 5) is 25.6.